The van der Waals surface area contributed by atoms with Crippen LogP contribution >= 0.6 is 0 Å². The van der Waals surface area contributed by atoms with Gasteiger partial charge in [-0.3, -0.25) is 4.79 Å². The summed E-state index contributed by atoms with van der Waals surface area (Å²) in [5, 5.41) is 2.88. The fraction of sp³-hybridized carbons (Fsp3) is 0.409. The topological polar surface area (TPSA) is 84.9 Å². The molecule has 2 aromatic carbocycles. The average Bonchev–Trinajstić information content (AvgIpc) is 3.32. The van der Waals surface area contributed by atoms with E-state index in [9.17, 15) is 13.2 Å². The Morgan fingerprint density at radius 1 is 1.00 bits per heavy atom. The molecule has 0 unspecified atom stereocenters. The molecule has 0 atom stereocenters. The van der Waals surface area contributed by atoms with Crippen LogP contribution < -0.4 is 14.8 Å². The van der Waals surface area contributed by atoms with Crippen LogP contribution in [0.3, 0.4) is 0 Å². The van der Waals surface area contributed by atoms with Gasteiger partial charge >= 0.3 is 0 Å². The molecule has 1 saturated heterocycles. The van der Waals surface area contributed by atoms with Gasteiger partial charge in [0.15, 0.2) is 11.5 Å². The van der Waals surface area contributed by atoms with Crippen molar-refractivity contribution < 1.29 is 22.7 Å². The molecule has 1 heterocycles. The van der Waals surface area contributed by atoms with Gasteiger partial charge in [0.05, 0.1) is 19.1 Å². The number of rotatable bonds is 9. The fourth-order valence-electron chi connectivity index (χ4n) is 3.49. The number of hydrogen-bond donors (Lipinski definition) is 1. The van der Waals surface area contributed by atoms with Crippen molar-refractivity contribution in [2.45, 2.75) is 30.6 Å². The van der Waals surface area contributed by atoms with Crippen molar-refractivity contribution in [1.82, 2.24) is 9.62 Å². The molecule has 0 saturated carbocycles. The Labute approximate surface area is 178 Å². The van der Waals surface area contributed by atoms with E-state index in [0.29, 0.717) is 36.7 Å². The second kappa shape index (κ2) is 9.95. The van der Waals surface area contributed by atoms with Crippen molar-refractivity contribution in [2.75, 3.05) is 33.9 Å². The monoisotopic (exact) mass is 432 g/mol. The molecule has 1 fully saturated rings. The molecule has 1 amide bonds. The maximum absolute atomic E-state index is 12.6. The van der Waals surface area contributed by atoms with Crippen LogP contribution in [0.5, 0.6) is 11.5 Å². The molecule has 0 aliphatic carbocycles. The van der Waals surface area contributed by atoms with E-state index in [-0.39, 0.29) is 10.8 Å². The molecule has 1 aliphatic heterocycles. The fourth-order valence-corrected chi connectivity index (χ4v) is 5.01. The van der Waals surface area contributed by atoms with Crippen LogP contribution in [0.1, 0.15) is 35.2 Å². The van der Waals surface area contributed by atoms with Crippen LogP contribution in [-0.4, -0.2) is 52.5 Å². The summed E-state index contributed by atoms with van der Waals surface area (Å²) in [4.78, 5) is 12.6. The average molecular weight is 433 g/mol. The van der Waals surface area contributed by atoms with Crippen molar-refractivity contribution in [1.29, 1.82) is 0 Å². The van der Waals surface area contributed by atoms with E-state index in [4.69, 9.17) is 9.47 Å². The molecule has 0 radical (unpaired) electrons. The van der Waals surface area contributed by atoms with Gasteiger partial charge in [0.1, 0.15) is 0 Å². The van der Waals surface area contributed by atoms with Gasteiger partial charge in [-0.1, -0.05) is 6.07 Å². The summed E-state index contributed by atoms with van der Waals surface area (Å²) in [7, 11) is -0.262. The highest BCUT2D eigenvalue weighted by Gasteiger charge is 2.27. The third-order valence-electron chi connectivity index (χ3n) is 5.20. The summed E-state index contributed by atoms with van der Waals surface area (Å²) >= 11 is 0. The number of aryl methyl sites for hydroxylation is 1. The van der Waals surface area contributed by atoms with Gasteiger partial charge in [0.2, 0.25) is 10.0 Å². The first-order chi connectivity index (χ1) is 14.5. The van der Waals surface area contributed by atoms with E-state index in [1.165, 1.54) is 16.4 Å². The minimum atomic E-state index is -3.46. The van der Waals surface area contributed by atoms with Crippen LogP contribution in [-0.2, 0) is 16.4 Å². The normalized spacial score (nSPS) is 14.5. The van der Waals surface area contributed by atoms with E-state index in [1.54, 1.807) is 26.4 Å². The smallest absolute Gasteiger partial charge is 0.251 e. The van der Waals surface area contributed by atoms with Crippen LogP contribution in [0.4, 0.5) is 0 Å². The van der Waals surface area contributed by atoms with E-state index in [0.717, 1.165) is 31.2 Å². The Kier molecular flexibility index (Phi) is 7.33. The number of hydrogen-bond acceptors (Lipinski definition) is 5. The maximum Gasteiger partial charge on any atom is 0.251 e. The molecule has 1 aliphatic rings. The number of ether oxygens (including phenoxy) is 2. The number of benzene rings is 2. The number of amides is 1. The number of sulfonamides is 1. The summed E-state index contributed by atoms with van der Waals surface area (Å²) < 4.78 is 37.1. The Morgan fingerprint density at radius 2 is 1.67 bits per heavy atom. The molecule has 2 aromatic rings. The van der Waals surface area contributed by atoms with Gasteiger partial charge in [0.25, 0.3) is 5.91 Å². The van der Waals surface area contributed by atoms with Crippen LogP contribution in [0.2, 0.25) is 0 Å². The molecular weight excluding hydrogens is 404 g/mol. The van der Waals surface area contributed by atoms with Gasteiger partial charge in [-0.15, -0.1) is 0 Å². The van der Waals surface area contributed by atoms with Crippen LogP contribution in [0, 0.1) is 0 Å². The van der Waals surface area contributed by atoms with Crippen molar-refractivity contribution in [3.05, 3.63) is 53.6 Å². The molecule has 0 bridgehead atoms. The van der Waals surface area contributed by atoms with Crippen molar-refractivity contribution >= 4 is 15.9 Å². The lowest BCUT2D eigenvalue weighted by Crippen LogP contribution is -2.28. The minimum Gasteiger partial charge on any atom is -0.493 e. The zero-order chi connectivity index (χ0) is 21.6. The first-order valence-electron chi connectivity index (χ1n) is 10.0. The van der Waals surface area contributed by atoms with E-state index in [1.807, 2.05) is 18.2 Å². The van der Waals surface area contributed by atoms with E-state index in [2.05, 4.69) is 5.32 Å². The van der Waals surface area contributed by atoms with E-state index >= 15 is 0 Å². The number of carbonyl (C=O) groups is 1. The first-order valence-corrected chi connectivity index (χ1v) is 11.5. The highest BCUT2D eigenvalue weighted by molar-refractivity contribution is 7.89. The zero-order valence-electron chi connectivity index (χ0n) is 17.4. The lowest BCUT2D eigenvalue weighted by molar-refractivity contribution is 0.0953. The Hall–Kier alpha value is -2.58. The molecule has 162 valence electrons. The molecule has 8 heteroatoms. The lowest BCUT2D eigenvalue weighted by Gasteiger charge is -2.15. The molecule has 1 N–H and O–H groups in total. The second-order valence-corrected chi connectivity index (χ2v) is 9.12. The standard InChI is InChI=1S/C22H28N2O5S/c1-28-20-12-7-17(16-21(20)29-2)6-5-13-23-22(25)18-8-10-19(11-9-18)30(26,27)24-14-3-4-15-24/h7-12,16H,3-6,13-15H2,1-2H3,(H,23,25). The predicted molar refractivity (Wildman–Crippen MR) is 115 cm³/mol. The summed E-state index contributed by atoms with van der Waals surface area (Å²) in [6.45, 7) is 1.64. The third kappa shape index (κ3) is 5.12. The van der Waals surface area contributed by atoms with E-state index < -0.39 is 10.0 Å². The van der Waals surface area contributed by atoms with Crippen molar-refractivity contribution in [3.63, 3.8) is 0 Å². The molecule has 0 spiro atoms. The number of methoxy groups -OCH3 is 2. The van der Waals surface area contributed by atoms with Gasteiger partial charge in [-0.05, 0) is 67.6 Å². The summed E-state index contributed by atoms with van der Waals surface area (Å²) in [6.07, 6.45) is 3.34. The number of nitrogens with one attached hydrogen (secondary N) is 1. The highest BCUT2D eigenvalue weighted by Crippen LogP contribution is 2.28. The highest BCUT2D eigenvalue weighted by atomic mass is 32.2. The lowest BCUT2D eigenvalue weighted by atomic mass is 10.1. The summed E-state index contributed by atoms with van der Waals surface area (Å²) in [5.41, 5.74) is 1.54. The van der Waals surface area contributed by atoms with Gasteiger partial charge in [-0.2, -0.15) is 4.31 Å². The van der Waals surface area contributed by atoms with Gasteiger partial charge in [0, 0.05) is 25.2 Å². The second-order valence-electron chi connectivity index (χ2n) is 7.18. The predicted octanol–water partition coefficient (Wildman–Crippen LogP) is 2.85. The number of nitrogens with zero attached hydrogens (tertiary/aromatic N) is 1. The van der Waals surface area contributed by atoms with Gasteiger partial charge in [-0.25, -0.2) is 8.42 Å². The largest absolute Gasteiger partial charge is 0.493 e. The Morgan fingerprint density at radius 3 is 2.30 bits per heavy atom. The first kappa shape index (κ1) is 22.1. The molecular formula is C22H28N2O5S. The maximum atomic E-state index is 12.6. The Balaban J connectivity index is 1.50. The number of carbonyl (C=O) groups excluding carboxylic acids is 1. The zero-order valence-corrected chi connectivity index (χ0v) is 18.2. The van der Waals surface area contributed by atoms with Crippen molar-refractivity contribution in [2.24, 2.45) is 0 Å². The molecule has 30 heavy (non-hydrogen) atoms. The molecule has 3 rings (SSSR count). The third-order valence-corrected chi connectivity index (χ3v) is 7.11. The SMILES string of the molecule is COc1ccc(CCCNC(=O)c2ccc(S(=O)(=O)N3CCCC3)cc2)cc1OC. The quantitative estimate of drug-likeness (QED) is 0.616. The minimum absolute atomic E-state index is 0.215. The molecule has 7 nitrogen and oxygen atoms in total. The summed E-state index contributed by atoms with van der Waals surface area (Å²) in [5.74, 6) is 1.15. The van der Waals surface area contributed by atoms with Crippen LogP contribution in [0.15, 0.2) is 47.4 Å². The summed E-state index contributed by atoms with van der Waals surface area (Å²) in [6, 6.07) is 11.9. The van der Waals surface area contributed by atoms with Crippen LogP contribution in [0.25, 0.3) is 0 Å². The van der Waals surface area contributed by atoms with Crippen molar-refractivity contribution in [3.8, 4) is 11.5 Å². The van der Waals surface area contributed by atoms with Gasteiger partial charge < -0.3 is 14.8 Å². The molecule has 0 aromatic heterocycles. The Bertz CT molecular complexity index is 968.